The normalized spacial score (nSPS) is 11.2. The molecule has 1 N–H and O–H groups in total. The van der Waals surface area contributed by atoms with E-state index in [1.807, 2.05) is 73.7 Å². The van der Waals surface area contributed by atoms with Crippen molar-refractivity contribution in [2.45, 2.75) is 13.5 Å². The Morgan fingerprint density at radius 2 is 1.75 bits per heavy atom. The molecule has 182 valence electrons. The van der Waals surface area contributed by atoms with E-state index < -0.39 is 0 Å². The van der Waals surface area contributed by atoms with Crippen LogP contribution in [0, 0.1) is 0 Å². The molecule has 36 heavy (non-hydrogen) atoms. The fourth-order valence-electron chi connectivity index (χ4n) is 3.42. The Hall–Kier alpha value is -4.01. The molecule has 0 saturated heterocycles. The number of furan rings is 2. The minimum Gasteiger partial charge on any atom is -0.490 e. The van der Waals surface area contributed by atoms with Crippen molar-refractivity contribution < 1.29 is 18.3 Å². The van der Waals surface area contributed by atoms with E-state index in [2.05, 4.69) is 15.5 Å². The summed E-state index contributed by atoms with van der Waals surface area (Å²) in [5, 5.41) is 5.67. The van der Waals surface area contributed by atoms with Crippen LogP contribution < -0.4 is 14.9 Å². The van der Waals surface area contributed by atoms with Crippen LogP contribution >= 0.6 is 22.9 Å². The molecular weight excluding hydrogens is 498 g/mol. The summed E-state index contributed by atoms with van der Waals surface area (Å²) >= 11 is 7.39. The van der Waals surface area contributed by atoms with Crippen LogP contribution in [0.3, 0.4) is 0 Å². The monoisotopic (exact) mass is 519 g/mol. The number of nitrogens with zero attached hydrogens (tertiary/aromatic N) is 2. The zero-order valence-corrected chi connectivity index (χ0v) is 20.9. The standard InChI is InChI=1S/C27H22ClN3O4S/c1-2-32-24-15-19(9-12-21(24)35-17-18-7-10-20(28)11-8-18)16-29-31-27-30-25(22-5-3-13-33-22)26(36-27)23-6-4-14-34-23/h3-16H,2,17H2,1H3,(H,30,31)/b29-16-. The summed E-state index contributed by atoms with van der Waals surface area (Å²) < 4.78 is 22.9. The topological polar surface area (TPSA) is 82.0 Å². The molecule has 0 saturated carbocycles. The number of hydrazone groups is 1. The second-order valence-corrected chi connectivity index (χ2v) is 9.01. The van der Waals surface area contributed by atoms with Gasteiger partial charge in [0, 0.05) is 5.02 Å². The van der Waals surface area contributed by atoms with Gasteiger partial charge in [-0.25, -0.2) is 4.98 Å². The van der Waals surface area contributed by atoms with E-state index in [4.69, 9.17) is 29.9 Å². The van der Waals surface area contributed by atoms with Crippen LogP contribution in [0.15, 0.2) is 93.2 Å². The van der Waals surface area contributed by atoms with E-state index in [1.54, 1.807) is 18.7 Å². The number of hydrogen-bond donors (Lipinski definition) is 1. The van der Waals surface area contributed by atoms with Gasteiger partial charge in [-0.15, -0.1) is 0 Å². The smallest absolute Gasteiger partial charge is 0.204 e. The van der Waals surface area contributed by atoms with Gasteiger partial charge in [0.1, 0.15) is 22.9 Å². The Kier molecular flexibility index (Phi) is 7.35. The highest BCUT2D eigenvalue weighted by molar-refractivity contribution is 7.19. The summed E-state index contributed by atoms with van der Waals surface area (Å²) in [6.07, 6.45) is 4.95. The van der Waals surface area contributed by atoms with Gasteiger partial charge in [0.05, 0.1) is 25.3 Å². The van der Waals surface area contributed by atoms with Crippen molar-refractivity contribution in [1.29, 1.82) is 0 Å². The highest BCUT2D eigenvalue weighted by atomic mass is 35.5. The molecule has 0 radical (unpaired) electrons. The van der Waals surface area contributed by atoms with Crippen LogP contribution in [0.5, 0.6) is 11.5 Å². The van der Waals surface area contributed by atoms with Crippen LogP contribution in [0.1, 0.15) is 18.1 Å². The first-order chi connectivity index (χ1) is 17.7. The number of rotatable bonds is 10. The van der Waals surface area contributed by atoms with Crippen molar-refractivity contribution >= 4 is 34.3 Å². The quantitative estimate of drug-likeness (QED) is 0.150. The molecular formula is C27H22ClN3O4S. The molecule has 5 rings (SSSR count). The Morgan fingerprint density at radius 3 is 2.47 bits per heavy atom. The van der Waals surface area contributed by atoms with E-state index >= 15 is 0 Å². The van der Waals surface area contributed by atoms with Crippen molar-refractivity contribution in [3.05, 3.63) is 95.4 Å². The van der Waals surface area contributed by atoms with E-state index in [1.165, 1.54) is 11.3 Å². The van der Waals surface area contributed by atoms with Crippen molar-refractivity contribution in [3.63, 3.8) is 0 Å². The lowest BCUT2D eigenvalue weighted by Crippen LogP contribution is -2.00. The number of aromatic nitrogens is 1. The van der Waals surface area contributed by atoms with Crippen LogP contribution in [0.4, 0.5) is 5.13 Å². The Morgan fingerprint density at radius 1 is 0.972 bits per heavy atom. The summed E-state index contributed by atoms with van der Waals surface area (Å²) in [6, 6.07) is 20.6. The first-order valence-corrected chi connectivity index (χ1v) is 12.4. The minimum absolute atomic E-state index is 0.409. The molecule has 2 aromatic carbocycles. The lowest BCUT2D eigenvalue weighted by molar-refractivity contribution is 0.269. The zero-order chi connectivity index (χ0) is 24.7. The first-order valence-electron chi connectivity index (χ1n) is 11.2. The van der Waals surface area contributed by atoms with Crippen molar-refractivity contribution in [3.8, 4) is 33.6 Å². The number of anilines is 1. The predicted octanol–water partition coefficient (Wildman–Crippen LogP) is 7.74. The summed E-state index contributed by atoms with van der Waals surface area (Å²) in [7, 11) is 0. The fourth-order valence-corrected chi connectivity index (χ4v) is 4.43. The molecule has 7 nitrogen and oxygen atoms in total. The van der Waals surface area contributed by atoms with Crippen LogP contribution in [0.2, 0.25) is 5.02 Å². The highest BCUT2D eigenvalue weighted by Gasteiger charge is 2.18. The second-order valence-electron chi connectivity index (χ2n) is 7.58. The van der Waals surface area contributed by atoms with Gasteiger partial charge in [-0.2, -0.15) is 5.10 Å². The van der Waals surface area contributed by atoms with E-state index in [-0.39, 0.29) is 0 Å². The highest BCUT2D eigenvalue weighted by Crippen LogP contribution is 2.39. The van der Waals surface area contributed by atoms with E-state index in [9.17, 15) is 0 Å². The van der Waals surface area contributed by atoms with Crippen LogP contribution in [0.25, 0.3) is 22.1 Å². The molecule has 3 heterocycles. The zero-order valence-electron chi connectivity index (χ0n) is 19.3. The van der Waals surface area contributed by atoms with Gasteiger partial charge in [0.2, 0.25) is 5.13 Å². The minimum atomic E-state index is 0.409. The summed E-state index contributed by atoms with van der Waals surface area (Å²) in [5.41, 5.74) is 5.56. The summed E-state index contributed by atoms with van der Waals surface area (Å²) in [5.74, 6) is 2.67. The lowest BCUT2D eigenvalue weighted by atomic mass is 10.2. The number of nitrogens with one attached hydrogen (secondary N) is 1. The van der Waals surface area contributed by atoms with Crippen molar-refractivity contribution in [1.82, 2.24) is 4.98 Å². The maximum absolute atomic E-state index is 5.98. The fraction of sp³-hybridized carbons (Fsp3) is 0.111. The lowest BCUT2D eigenvalue weighted by Gasteiger charge is -2.12. The third kappa shape index (κ3) is 5.62. The molecule has 0 aliphatic rings. The summed E-state index contributed by atoms with van der Waals surface area (Å²) in [4.78, 5) is 5.50. The molecule has 3 aromatic heterocycles. The summed E-state index contributed by atoms with van der Waals surface area (Å²) in [6.45, 7) is 2.85. The molecule has 0 bridgehead atoms. The molecule has 0 amide bonds. The number of hydrogen-bond acceptors (Lipinski definition) is 8. The Balaban J connectivity index is 1.30. The predicted molar refractivity (Wildman–Crippen MR) is 142 cm³/mol. The number of thiazole rings is 1. The molecule has 0 aliphatic carbocycles. The van der Waals surface area contributed by atoms with Gasteiger partial charge in [0.15, 0.2) is 17.3 Å². The van der Waals surface area contributed by atoms with Crippen molar-refractivity contribution in [2.24, 2.45) is 5.10 Å². The molecule has 0 fully saturated rings. The maximum atomic E-state index is 5.98. The van der Waals surface area contributed by atoms with Gasteiger partial charge in [-0.05, 0) is 72.6 Å². The SMILES string of the molecule is CCOc1cc(/C=N\Nc2nc(-c3ccco3)c(-c3ccco3)s2)ccc1OCc1ccc(Cl)cc1. The van der Waals surface area contributed by atoms with E-state index in [0.29, 0.717) is 52.1 Å². The molecule has 0 spiro atoms. The molecule has 9 heteroatoms. The molecule has 5 aromatic rings. The van der Waals surface area contributed by atoms with Gasteiger partial charge in [-0.1, -0.05) is 35.1 Å². The molecule has 0 unspecified atom stereocenters. The van der Waals surface area contributed by atoms with Crippen LogP contribution in [-0.4, -0.2) is 17.8 Å². The Labute approximate surface area is 217 Å². The van der Waals surface area contributed by atoms with Crippen LogP contribution in [-0.2, 0) is 6.61 Å². The number of ether oxygens (including phenoxy) is 2. The number of benzene rings is 2. The maximum Gasteiger partial charge on any atom is 0.204 e. The first kappa shape index (κ1) is 23.7. The largest absolute Gasteiger partial charge is 0.490 e. The van der Waals surface area contributed by atoms with Gasteiger partial charge >= 0.3 is 0 Å². The average molecular weight is 520 g/mol. The average Bonchev–Trinajstić information content (AvgIpc) is 3.66. The second kappa shape index (κ2) is 11.2. The number of halogens is 1. The van der Waals surface area contributed by atoms with Gasteiger partial charge in [0.25, 0.3) is 0 Å². The van der Waals surface area contributed by atoms with Gasteiger partial charge in [-0.3, -0.25) is 5.43 Å². The molecule has 0 aliphatic heterocycles. The van der Waals surface area contributed by atoms with Gasteiger partial charge < -0.3 is 18.3 Å². The van der Waals surface area contributed by atoms with E-state index in [0.717, 1.165) is 16.0 Å². The third-order valence-corrected chi connectivity index (χ3v) is 6.30. The molecule has 0 atom stereocenters. The third-order valence-electron chi connectivity index (χ3n) is 5.08. The Bertz CT molecular complexity index is 1380. The van der Waals surface area contributed by atoms with Crippen molar-refractivity contribution in [2.75, 3.05) is 12.0 Å².